The number of carbonyl (C=O) groups excluding carboxylic acids is 3. The number of anilines is 1. The Labute approximate surface area is 168 Å². The second-order valence-electron chi connectivity index (χ2n) is 7.46. The van der Waals surface area contributed by atoms with E-state index in [9.17, 15) is 18.8 Å². The average molecular weight is 401 g/mol. The molecule has 0 unspecified atom stereocenters. The van der Waals surface area contributed by atoms with Crippen LogP contribution >= 0.6 is 0 Å². The number of ketones is 1. The molecule has 1 fully saturated rings. The molecule has 7 nitrogen and oxygen atoms in total. The van der Waals surface area contributed by atoms with Gasteiger partial charge in [-0.3, -0.25) is 14.4 Å². The van der Waals surface area contributed by atoms with E-state index in [2.05, 4.69) is 10.3 Å². The summed E-state index contributed by atoms with van der Waals surface area (Å²) >= 11 is 0. The molecule has 3 rings (SSSR count). The minimum absolute atomic E-state index is 0.0586. The number of hydrogen-bond donors (Lipinski definition) is 3. The van der Waals surface area contributed by atoms with Crippen molar-refractivity contribution in [2.75, 3.05) is 38.0 Å². The molecule has 1 aliphatic heterocycles. The molecule has 0 aliphatic carbocycles. The van der Waals surface area contributed by atoms with Crippen LogP contribution in [0, 0.1) is 19.7 Å². The van der Waals surface area contributed by atoms with Crippen molar-refractivity contribution in [2.24, 2.45) is 0 Å². The summed E-state index contributed by atoms with van der Waals surface area (Å²) in [5.74, 6) is -0.671. The van der Waals surface area contributed by atoms with Crippen molar-refractivity contribution in [1.29, 1.82) is 0 Å². The van der Waals surface area contributed by atoms with Gasteiger partial charge >= 0.3 is 0 Å². The van der Waals surface area contributed by atoms with Crippen molar-refractivity contribution in [2.45, 2.75) is 20.8 Å². The number of Topliss-reactive ketones (excluding diaryl/α,β-unsaturated/α-hetero) is 1. The number of nitrogens with one attached hydrogen (secondary N) is 3. The predicted molar refractivity (Wildman–Crippen MR) is 107 cm³/mol. The molecule has 0 spiro atoms. The largest absolute Gasteiger partial charge is 0.354 e. The second kappa shape index (κ2) is 8.57. The normalized spacial score (nSPS) is 14.7. The summed E-state index contributed by atoms with van der Waals surface area (Å²) in [4.78, 5) is 42.8. The van der Waals surface area contributed by atoms with E-state index in [-0.39, 0.29) is 30.0 Å². The molecule has 0 saturated carbocycles. The van der Waals surface area contributed by atoms with Gasteiger partial charge < -0.3 is 20.1 Å². The number of hydrogen-bond acceptors (Lipinski definition) is 3. The van der Waals surface area contributed by atoms with Gasteiger partial charge in [0.2, 0.25) is 0 Å². The van der Waals surface area contributed by atoms with Crippen LogP contribution in [0.15, 0.2) is 24.3 Å². The summed E-state index contributed by atoms with van der Waals surface area (Å²) in [7, 11) is 0. The number of aromatic nitrogens is 1. The lowest BCUT2D eigenvalue weighted by atomic mass is 10.1. The number of rotatable bonds is 5. The number of aryl methyl sites for hydroxylation is 1. The summed E-state index contributed by atoms with van der Waals surface area (Å²) in [5, 5.41) is 2.76. The van der Waals surface area contributed by atoms with Crippen LogP contribution in [0.4, 0.5) is 10.1 Å². The first kappa shape index (κ1) is 20.7. The number of halogens is 1. The van der Waals surface area contributed by atoms with Gasteiger partial charge in [-0.25, -0.2) is 4.39 Å². The smallest absolute Gasteiger partial charge is 0.279 e. The van der Waals surface area contributed by atoms with E-state index in [1.807, 2.05) is 0 Å². The highest BCUT2D eigenvalue weighted by atomic mass is 19.1. The molecule has 3 N–H and O–H groups in total. The molecule has 0 atom stereocenters. The van der Waals surface area contributed by atoms with Crippen LogP contribution < -0.4 is 10.2 Å². The van der Waals surface area contributed by atoms with Crippen LogP contribution in [-0.4, -0.2) is 60.2 Å². The van der Waals surface area contributed by atoms with E-state index < -0.39 is 0 Å². The van der Waals surface area contributed by atoms with Gasteiger partial charge in [0.15, 0.2) is 12.3 Å². The predicted octanol–water partition coefficient (Wildman–Crippen LogP) is 0.953. The van der Waals surface area contributed by atoms with Crippen molar-refractivity contribution in [1.82, 2.24) is 9.88 Å². The molecule has 1 aromatic heterocycles. The number of carbonyl (C=O) groups is 3. The molecule has 1 aromatic carbocycles. The molecule has 8 heteroatoms. The van der Waals surface area contributed by atoms with Gasteiger partial charge in [0.05, 0.1) is 26.2 Å². The maximum absolute atomic E-state index is 12.9. The number of quaternary nitrogens is 1. The fourth-order valence-corrected chi connectivity index (χ4v) is 3.82. The van der Waals surface area contributed by atoms with Gasteiger partial charge in [-0.1, -0.05) is 0 Å². The zero-order valence-corrected chi connectivity index (χ0v) is 16.9. The maximum Gasteiger partial charge on any atom is 0.279 e. The van der Waals surface area contributed by atoms with E-state index in [1.54, 1.807) is 18.7 Å². The highest BCUT2D eigenvalue weighted by molar-refractivity contribution is 6.02. The van der Waals surface area contributed by atoms with E-state index >= 15 is 0 Å². The van der Waals surface area contributed by atoms with Gasteiger partial charge in [0.1, 0.15) is 11.5 Å². The van der Waals surface area contributed by atoms with Crippen LogP contribution in [0.5, 0.6) is 0 Å². The van der Waals surface area contributed by atoms with E-state index in [0.717, 1.165) is 4.90 Å². The third kappa shape index (κ3) is 4.71. The third-order valence-corrected chi connectivity index (χ3v) is 5.30. The molecule has 2 amide bonds. The van der Waals surface area contributed by atoms with E-state index in [4.69, 9.17) is 0 Å². The zero-order valence-electron chi connectivity index (χ0n) is 16.9. The molecule has 0 radical (unpaired) electrons. The SMILES string of the molecule is CC(=O)c1c(C)[nH]c(C(=O)N2CC[NH+](CC(=O)Nc3ccc(F)cc3)CC2)c1C. The molecule has 1 aliphatic rings. The molecule has 2 heterocycles. The standard InChI is InChI=1S/C21H25FN4O3/c1-13-19(15(3)27)14(2)23-20(13)21(29)26-10-8-25(9-11-26)12-18(28)24-17-6-4-16(22)5-7-17/h4-7,23H,8-12H2,1-3H3,(H,24,28)/p+1. The minimum Gasteiger partial charge on any atom is -0.354 e. The Hall–Kier alpha value is -3.00. The Kier molecular flexibility index (Phi) is 6.12. The lowest BCUT2D eigenvalue weighted by molar-refractivity contribution is -0.895. The first-order valence-electron chi connectivity index (χ1n) is 9.64. The second-order valence-corrected chi connectivity index (χ2v) is 7.46. The monoisotopic (exact) mass is 401 g/mol. The van der Waals surface area contributed by atoms with Gasteiger partial charge in [0, 0.05) is 16.9 Å². The van der Waals surface area contributed by atoms with Crippen molar-refractivity contribution in [3.8, 4) is 0 Å². The molecular formula is C21H26FN4O3+. The fourth-order valence-electron chi connectivity index (χ4n) is 3.82. The van der Waals surface area contributed by atoms with Gasteiger partial charge in [-0.05, 0) is 50.6 Å². The number of aromatic amines is 1. The first-order chi connectivity index (χ1) is 13.8. The molecule has 29 heavy (non-hydrogen) atoms. The molecule has 2 aromatic rings. The summed E-state index contributed by atoms with van der Waals surface area (Å²) in [6.45, 7) is 7.74. The first-order valence-corrected chi connectivity index (χ1v) is 9.64. The van der Waals surface area contributed by atoms with Crippen molar-refractivity contribution in [3.63, 3.8) is 0 Å². The van der Waals surface area contributed by atoms with E-state index in [0.29, 0.717) is 54.4 Å². The lowest BCUT2D eigenvalue weighted by Gasteiger charge is -2.31. The molecule has 1 saturated heterocycles. The van der Waals surface area contributed by atoms with Crippen LogP contribution in [0.3, 0.4) is 0 Å². The van der Waals surface area contributed by atoms with Crippen LogP contribution in [-0.2, 0) is 4.79 Å². The molecule has 0 bridgehead atoms. The van der Waals surface area contributed by atoms with Crippen molar-refractivity contribution in [3.05, 3.63) is 52.6 Å². The Balaban J connectivity index is 1.54. The minimum atomic E-state index is -0.350. The van der Waals surface area contributed by atoms with Crippen molar-refractivity contribution >= 4 is 23.3 Å². The third-order valence-electron chi connectivity index (χ3n) is 5.30. The summed E-state index contributed by atoms with van der Waals surface area (Å²) in [6.07, 6.45) is 0. The average Bonchev–Trinajstić information content (AvgIpc) is 2.98. The number of benzene rings is 1. The fraction of sp³-hybridized carbons (Fsp3) is 0.381. The lowest BCUT2D eigenvalue weighted by Crippen LogP contribution is -3.15. The van der Waals surface area contributed by atoms with Gasteiger partial charge in [-0.15, -0.1) is 0 Å². The van der Waals surface area contributed by atoms with Crippen LogP contribution in [0.25, 0.3) is 0 Å². The Morgan fingerprint density at radius 2 is 1.76 bits per heavy atom. The summed E-state index contributed by atoms with van der Waals surface area (Å²) in [6, 6.07) is 5.65. The Morgan fingerprint density at radius 1 is 1.14 bits per heavy atom. The Bertz CT molecular complexity index is 928. The van der Waals surface area contributed by atoms with Crippen molar-refractivity contribution < 1.29 is 23.7 Å². The highest BCUT2D eigenvalue weighted by Crippen LogP contribution is 2.20. The maximum atomic E-state index is 12.9. The Morgan fingerprint density at radius 3 is 2.31 bits per heavy atom. The summed E-state index contributed by atoms with van der Waals surface area (Å²) < 4.78 is 12.9. The summed E-state index contributed by atoms with van der Waals surface area (Å²) in [5.41, 5.74) is 3.00. The number of H-pyrrole nitrogens is 1. The highest BCUT2D eigenvalue weighted by Gasteiger charge is 2.29. The zero-order chi connectivity index (χ0) is 21.1. The van der Waals surface area contributed by atoms with Gasteiger partial charge in [0.25, 0.3) is 11.8 Å². The van der Waals surface area contributed by atoms with Gasteiger partial charge in [-0.2, -0.15) is 0 Å². The van der Waals surface area contributed by atoms with E-state index in [1.165, 1.54) is 31.2 Å². The van der Waals surface area contributed by atoms with Crippen LogP contribution in [0.2, 0.25) is 0 Å². The molecular weight excluding hydrogens is 375 g/mol. The number of amides is 2. The molecule has 154 valence electrons. The number of nitrogens with zero attached hydrogens (tertiary/aromatic N) is 1. The topological polar surface area (TPSA) is 86.7 Å². The van der Waals surface area contributed by atoms with Crippen LogP contribution in [0.1, 0.15) is 39.0 Å². The quantitative estimate of drug-likeness (QED) is 0.652. The number of piperazine rings is 1.